The maximum absolute atomic E-state index is 14.0. The number of carbonyl (C=O) groups excluding carboxylic acids is 2. The standard InChI is InChI=1S/C37H42N2O4S/c1-24(2)21-38(22-25(3)4)35(41)23-39-36(20-32(40)31-15-11-9-13-27(31)6)44-34(37(39)42)19-29-18-28(16-17-33(29)43-7)30-14-10-8-12-26(30)5/h8-20,24-25H,21-23H2,1-7H3/b34-19-,36-20-. The lowest BCUT2D eigenvalue weighted by Gasteiger charge is -2.26. The van der Waals surface area contributed by atoms with Crippen LogP contribution in [0.1, 0.15) is 54.7 Å². The molecule has 230 valence electrons. The topological polar surface area (TPSA) is 68.6 Å². The van der Waals surface area contributed by atoms with E-state index in [4.69, 9.17) is 4.74 Å². The second kappa shape index (κ2) is 14.5. The lowest BCUT2D eigenvalue weighted by atomic mass is 9.98. The van der Waals surface area contributed by atoms with Crippen molar-refractivity contribution in [1.82, 2.24) is 9.47 Å². The highest BCUT2D eigenvalue weighted by molar-refractivity contribution is 7.07. The number of Topliss-reactive ketones (excluding diaryl/α,β-unsaturated/α-hetero) is 1. The fourth-order valence-electron chi connectivity index (χ4n) is 5.28. The number of aromatic nitrogens is 1. The first kappa shape index (κ1) is 32.7. The molecule has 4 rings (SSSR count). The molecule has 0 aliphatic rings. The normalized spacial score (nSPS) is 12.3. The molecule has 0 aliphatic heterocycles. The molecule has 0 N–H and O–H groups in total. The fraction of sp³-hybridized carbons (Fsp3) is 0.324. The van der Waals surface area contributed by atoms with Crippen molar-refractivity contribution in [2.24, 2.45) is 11.8 Å². The monoisotopic (exact) mass is 610 g/mol. The molecule has 0 spiro atoms. The number of carbonyl (C=O) groups is 2. The SMILES string of the molecule is COc1ccc(-c2ccccc2C)cc1/C=c1\s/c(=C\C(=O)c2ccccc2C)n(CC(=O)N(CC(C)C)CC(C)C)c1=O. The van der Waals surface area contributed by atoms with Crippen LogP contribution in [0.4, 0.5) is 0 Å². The first-order chi connectivity index (χ1) is 21.0. The predicted molar refractivity (Wildman–Crippen MR) is 181 cm³/mol. The molecule has 0 unspecified atom stereocenters. The van der Waals surface area contributed by atoms with Crippen molar-refractivity contribution >= 4 is 35.2 Å². The minimum atomic E-state index is -0.315. The first-order valence-electron chi connectivity index (χ1n) is 15.0. The number of benzene rings is 3. The van der Waals surface area contributed by atoms with Crippen molar-refractivity contribution in [2.75, 3.05) is 20.2 Å². The summed E-state index contributed by atoms with van der Waals surface area (Å²) in [7, 11) is 1.60. The van der Waals surface area contributed by atoms with E-state index < -0.39 is 0 Å². The Bertz CT molecular complexity index is 1820. The summed E-state index contributed by atoms with van der Waals surface area (Å²) in [5.74, 6) is 0.831. The van der Waals surface area contributed by atoms with Gasteiger partial charge in [0.05, 0.1) is 11.6 Å². The van der Waals surface area contributed by atoms with E-state index in [1.54, 1.807) is 19.3 Å². The van der Waals surface area contributed by atoms with Gasteiger partial charge < -0.3 is 9.64 Å². The minimum absolute atomic E-state index is 0.143. The van der Waals surface area contributed by atoms with Crippen LogP contribution in [0.2, 0.25) is 0 Å². The molecule has 0 saturated carbocycles. The molecule has 0 radical (unpaired) electrons. The number of methoxy groups -OCH3 is 1. The average molecular weight is 611 g/mol. The van der Waals surface area contributed by atoms with E-state index in [9.17, 15) is 14.4 Å². The van der Waals surface area contributed by atoms with Crippen LogP contribution in [0.3, 0.4) is 0 Å². The van der Waals surface area contributed by atoms with Crippen molar-refractivity contribution in [3.63, 3.8) is 0 Å². The van der Waals surface area contributed by atoms with E-state index >= 15 is 0 Å². The smallest absolute Gasteiger partial charge is 0.269 e. The molecule has 44 heavy (non-hydrogen) atoms. The van der Waals surface area contributed by atoms with Crippen LogP contribution < -0.4 is 19.5 Å². The van der Waals surface area contributed by atoms with Gasteiger partial charge in [0.2, 0.25) is 5.91 Å². The third-order valence-corrected chi connectivity index (χ3v) is 8.45. The summed E-state index contributed by atoms with van der Waals surface area (Å²) in [5.41, 5.74) is 5.06. The number of amides is 1. The van der Waals surface area contributed by atoms with E-state index in [-0.39, 0.29) is 35.6 Å². The highest BCUT2D eigenvalue weighted by atomic mass is 32.1. The van der Waals surface area contributed by atoms with Crippen molar-refractivity contribution in [3.05, 3.63) is 109 Å². The molecular weight excluding hydrogens is 568 g/mol. The maximum Gasteiger partial charge on any atom is 0.269 e. The van der Waals surface area contributed by atoms with Crippen LogP contribution in [0.25, 0.3) is 23.3 Å². The van der Waals surface area contributed by atoms with Crippen LogP contribution >= 0.6 is 11.3 Å². The Morgan fingerprint density at radius 1 is 0.909 bits per heavy atom. The third-order valence-electron chi connectivity index (χ3n) is 7.39. The Labute approximate surface area is 263 Å². The van der Waals surface area contributed by atoms with Gasteiger partial charge in [0.15, 0.2) is 5.78 Å². The molecule has 0 aliphatic carbocycles. The molecule has 1 aromatic heterocycles. The Morgan fingerprint density at radius 3 is 2.16 bits per heavy atom. The van der Waals surface area contributed by atoms with Gasteiger partial charge >= 0.3 is 0 Å². The van der Waals surface area contributed by atoms with Gasteiger partial charge in [0.1, 0.15) is 17.0 Å². The highest BCUT2D eigenvalue weighted by Crippen LogP contribution is 2.29. The summed E-state index contributed by atoms with van der Waals surface area (Å²) < 4.78 is 7.96. The number of nitrogens with zero attached hydrogens (tertiary/aromatic N) is 2. The lowest BCUT2D eigenvalue weighted by Crippen LogP contribution is -2.43. The molecule has 4 aromatic rings. The molecule has 6 nitrogen and oxygen atoms in total. The Kier molecular flexibility index (Phi) is 10.8. The zero-order chi connectivity index (χ0) is 32.0. The molecule has 1 amide bonds. The lowest BCUT2D eigenvalue weighted by molar-refractivity contribution is -0.133. The van der Waals surface area contributed by atoms with Gasteiger partial charge in [0.25, 0.3) is 5.56 Å². The number of hydrogen-bond donors (Lipinski definition) is 0. The Morgan fingerprint density at radius 2 is 1.55 bits per heavy atom. The van der Waals surface area contributed by atoms with Crippen molar-refractivity contribution in [2.45, 2.75) is 48.1 Å². The predicted octanol–water partition coefficient (Wildman–Crippen LogP) is 5.84. The number of ketones is 1. The zero-order valence-electron chi connectivity index (χ0n) is 26.7. The van der Waals surface area contributed by atoms with E-state index in [2.05, 4.69) is 46.8 Å². The van der Waals surface area contributed by atoms with Crippen LogP contribution in [-0.4, -0.2) is 41.4 Å². The highest BCUT2D eigenvalue weighted by Gasteiger charge is 2.19. The summed E-state index contributed by atoms with van der Waals surface area (Å²) in [4.78, 5) is 42.9. The summed E-state index contributed by atoms with van der Waals surface area (Å²) in [6, 6.07) is 21.4. The zero-order valence-corrected chi connectivity index (χ0v) is 27.5. The first-order valence-corrected chi connectivity index (χ1v) is 15.8. The Balaban J connectivity index is 1.88. The van der Waals surface area contributed by atoms with Gasteiger partial charge in [0, 0.05) is 30.3 Å². The van der Waals surface area contributed by atoms with Crippen LogP contribution in [0.15, 0.2) is 71.5 Å². The van der Waals surface area contributed by atoms with E-state index in [0.29, 0.717) is 33.6 Å². The summed E-state index contributed by atoms with van der Waals surface area (Å²) in [6.07, 6.45) is 3.28. The van der Waals surface area contributed by atoms with Crippen molar-refractivity contribution in [3.8, 4) is 16.9 Å². The average Bonchev–Trinajstić information content (AvgIpc) is 3.25. The van der Waals surface area contributed by atoms with Crippen LogP contribution in [-0.2, 0) is 11.3 Å². The van der Waals surface area contributed by atoms with Crippen LogP contribution in [0.5, 0.6) is 5.75 Å². The number of ether oxygens (including phenoxy) is 1. The van der Waals surface area contributed by atoms with Gasteiger partial charge in [-0.15, -0.1) is 11.3 Å². The molecule has 0 saturated heterocycles. The van der Waals surface area contributed by atoms with Crippen LogP contribution in [0, 0.1) is 25.7 Å². The van der Waals surface area contributed by atoms with E-state index in [1.807, 2.05) is 60.4 Å². The summed E-state index contributed by atoms with van der Waals surface area (Å²) in [6.45, 7) is 13.3. The summed E-state index contributed by atoms with van der Waals surface area (Å²) in [5, 5.41) is 0. The molecule has 0 atom stereocenters. The summed E-state index contributed by atoms with van der Waals surface area (Å²) >= 11 is 1.21. The third kappa shape index (κ3) is 7.83. The molecule has 7 heteroatoms. The van der Waals surface area contributed by atoms with Gasteiger partial charge in [-0.2, -0.15) is 0 Å². The molecule has 3 aromatic carbocycles. The number of aryl methyl sites for hydroxylation is 2. The molecule has 0 fully saturated rings. The fourth-order valence-corrected chi connectivity index (χ4v) is 6.31. The van der Waals surface area contributed by atoms with Crippen molar-refractivity contribution < 1.29 is 14.3 Å². The number of rotatable bonds is 11. The molecule has 1 heterocycles. The molecular formula is C37H42N2O4S. The van der Waals surface area contributed by atoms with E-state index in [1.165, 1.54) is 22.0 Å². The number of hydrogen-bond acceptors (Lipinski definition) is 5. The largest absolute Gasteiger partial charge is 0.496 e. The van der Waals surface area contributed by atoms with Crippen molar-refractivity contribution in [1.29, 1.82) is 0 Å². The van der Waals surface area contributed by atoms with E-state index in [0.717, 1.165) is 27.8 Å². The van der Waals surface area contributed by atoms with Gasteiger partial charge in [-0.1, -0.05) is 82.3 Å². The number of thiazole rings is 1. The van der Waals surface area contributed by atoms with Gasteiger partial charge in [-0.05, 0) is 66.1 Å². The molecule has 0 bridgehead atoms. The maximum atomic E-state index is 14.0. The minimum Gasteiger partial charge on any atom is -0.496 e. The van der Waals surface area contributed by atoms with Gasteiger partial charge in [-0.25, -0.2) is 0 Å². The Hall–Kier alpha value is -4.23. The quantitative estimate of drug-likeness (QED) is 0.200. The second-order valence-electron chi connectivity index (χ2n) is 12.0. The van der Waals surface area contributed by atoms with Gasteiger partial charge in [-0.3, -0.25) is 19.0 Å². The second-order valence-corrected chi connectivity index (χ2v) is 13.1.